The zero-order chi connectivity index (χ0) is 20.9. The van der Waals surface area contributed by atoms with Gasteiger partial charge in [0.2, 0.25) is 0 Å². The lowest BCUT2D eigenvalue weighted by atomic mass is 9.85. The average Bonchev–Trinajstić information content (AvgIpc) is 2.79. The van der Waals surface area contributed by atoms with Crippen molar-refractivity contribution in [3.05, 3.63) is 108 Å². The fraction of sp³-hybridized carbons (Fsp3) is 0.200. The number of hydrogen-bond donors (Lipinski definition) is 0. The van der Waals surface area contributed by atoms with Gasteiger partial charge >= 0.3 is 0 Å². The molecule has 4 aromatic rings. The zero-order valence-corrected chi connectivity index (χ0v) is 18.3. The molecule has 0 unspecified atom stereocenters. The van der Waals surface area contributed by atoms with Crippen molar-refractivity contribution >= 4 is 0 Å². The summed E-state index contributed by atoms with van der Waals surface area (Å²) in [6, 6.07) is 33.5. The van der Waals surface area contributed by atoms with Gasteiger partial charge in [-0.2, -0.15) is 0 Å². The summed E-state index contributed by atoms with van der Waals surface area (Å²) in [7, 11) is 0. The highest BCUT2D eigenvalue weighted by Crippen LogP contribution is 2.39. The molecular formula is C30H30. The summed E-state index contributed by atoms with van der Waals surface area (Å²) < 4.78 is 0. The molecule has 0 spiro atoms. The van der Waals surface area contributed by atoms with Crippen LogP contribution in [0.2, 0.25) is 0 Å². The van der Waals surface area contributed by atoms with Crippen molar-refractivity contribution < 1.29 is 0 Å². The highest BCUT2D eigenvalue weighted by molar-refractivity contribution is 5.89. The average molecular weight is 391 g/mol. The molecular weight excluding hydrogens is 360 g/mol. The second kappa shape index (κ2) is 9.13. The topological polar surface area (TPSA) is 0 Å². The second-order valence-electron chi connectivity index (χ2n) is 8.26. The first-order valence-corrected chi connectivity index (χ1v) is 11.0. The predicted molar refractivity (Wildman–Crippen MR) is 131 cm³/mol. The molecule has 0 fully saturated rings. The van der Waals surface area contributed by atoms with Gasteiger partial charge in [0.1, 0.15) is 0 Å². The molecule has 0 aliphatic carbocycles. The van der Waals surface area contributed by atoms with E-state index in [1.807, 2.05) is 0 Å². The van der Waals surface area contributed by atoms with Crippen molar-refractivity contribution in [1.82, 2.24) is 0 Å². The standard InChI is InChI=1S/C30H30/c1-4-5-9-27-20-28(24-10-7-6-8-11-24)21-29(25-16-12-22(2)13-17-25)30(27)26-18-14-23(3)15-19-26/h6-8,10-21H,4-5,9H2,1-3H3. The summed E-state index contributed by atoms with van der Waals surface area (Å²) in [5.74, 6) is 0. The molecule has 0 saturated carbocycles. The Hall–Kier alpha value is -3.12. The van der Waals surface area contributed by atoms with E-state index in [-0.39, 0.29) is 0 Å². The van der Waals surface area contributed by atoms with Gasteiger partial charge in [-0.1, -0.05) is 109 Å². The van der Waals surface area contributed by atoms with Crippen LogP contribution >= 0.6 is 0 Å². The number of aryl methyl sites for hydroxylation is 3. The SMILES string of the molecule is CCCCc1cc(-c2ccccc2)cc(-c2ccc(C)cc2)c1-c1ccc(C)cc1. The summed E-state index contributed by atoms with van der Waals surface area (Å²) in [4.78, 5) is 0. The molecule has 0 radical (unpaired) electrons. The van der Waals surface area contributed by atoms with E-state index in [1.165, 1.54) is 62.9 Å². The normalized spacial score (nSPS) is 10.9. The third kappa shape index (κ3) is 4.39. The quantitative estimate of drug-likeness (QED) is 0.309. The summed E-state index contributed by atoms with van der Waals surface area (Å²) >= 11 is 0. The van der Waals surface area contributed by atoms with Crippen molar-refractivity contribution in [3.8, 4) is 33.4 Å². The Bertz CT molecular complexity index is 1100. The molecule has 0 N–H and O–H groups in total. The molecule has 4 rings (SSSR count). The lowest BCUT2D eigenvalue weighted by molar-refractivity contribution is 0.796. The van der Waals surface area contributed by atoms with Crippen LogP contribution in [-0.2, 0) is 6.42 Å². The first kappa shape index (κ1) is 20.2. The van der Waals surface area contributed by atoms with E-state index in [2.05, 4.69) is 112 Å². The Balaban J connectivity index is 1.99. The van der Waals surface area contributed by atoms with Gasteiger partial charge in [0, 0.05) is 0 Å². The lowest BCUT2D eigenvalue weighted by Crippen LogP contribution is -1.96. The van der Waals surface area contributed by atoms with Crippen LogP contribution in [0.1, 0.15) is 36.5 Å². The molecule has 0 heterocycles. The van der Waals surface area contributed by atoms with E-state index in [4.69, 9.17) is 0 Å². The third-order valence-corrected chi connectivity index (χ3v) is 5.83. The molecule has 0 heteroatoms. The smallest absolute Gasteiger partial charge is 0.00729 e. The predicted octanol–water partition coefficient (Wildman–Crippen LogP) is 8.65. The monoisotopic (exact) mass is 390 g/mol. The number of hydrogen-bond acceptors (Lipinski definition) is 0. The molecule has 150 valence electrons. The Kier molecular flexibility index (Phi) is 6.14. The van der Waals surface area contributed by atoms with E-state index in [0.717, 1.165) is 6.42 Å². The second-order valence-corrected chi connectivity index (χ2v) is 8.26. The highest BCUT2D eigenvalue weighted by Gasteiger charge is 2.15. The fourth-order valence-electron chi connectivity index (χ4n) is 4.09. The van der Waals surface area contributed by atoms with Crippen LogP contribution in [0.4, 0.5) is 0 Å². The summed E-state index contributed by atoms with van der Waals surface area (Å²) in [5, 5.41) is 0. The van der Waals surface area contributed by atoms with Crippen LogP contribution < -0.4 is 0 Å². The van der Waals surface area contributed by atoms with E-state index < -0.39 is 0 Å². The summed E-state index contributed by atoms with van der Waals surface area (Å²) in [5.41, 5.74) is 11.9. The van der Waals surface area contributed by atoms with Crippen LogP contribution in [0.15, 0.2) is 91.0 Å². The van der Waals surface area contributed by atoms with Crippen molar-refractivity contribution in [2.24, 2.45) is 0 Å². The van der Waals surface area contributed by atoms with E-state index in [9.17, 15) is 0 Å². The molecule has 0 amide bonds. The van der Waals surface area contributed by atoms with Gasteiger partial charge in [-0.05, 0) is 71.7 Å². The van der Waals surface area contributed by atoms with Crippen LogP contribution in [0.5, 0.6) is 0 Å². The molecule has 0 aliphatic heterocycles. The van der Waals surface area contributed by atoms with Crippen LogP contribution in [0, 0.1) is 13.8 Å². The highest BCUT2D eigenvalue weighted by atomic mass is 14.2. The Morgan fingerprint density at radius 1 is 0.567 bits per heavy atom. The van der Waals surface area contributed by atoms with Gasteiger partial charge in [-0.25, -0.2) is 0 Å². The Labute approximate surface area is 181 Å². The zero-order valence-electron chi connectivity index (χ0n) is 18.3. The molecule has 0 aliphatic rings. The number of unbranched alkanes of at least 4 members (excludes halogenated alkanes) is 1. The van der Waals surface area contributed by atoms with Gasteiger partial charge in [0.25, 0.3) is 0 Å². The molecule has 30 heavy (non-hydrogen) atoms. The minimum atomic E-state index is 1.10. The molecule has 0 saturated heterocycles. The van der Waals surface area contributed by atoms with Crippen molar-refractivity contribution in [1.29, 1.82) is 0 Å². The third-order valence-electron chi connectivity index (χ3n) is 5.83. The number of rotatable bonds is 6. The first-order valence-electron chi connectivity index (χ1n) is 11.0. The molecule has 0 bridgehead atoms. The van der Waals surface area contributed by atoms with Gasteiger partial charge in [-0.3, -0.25) is 0 Å². The van der Waals surface area contributed by atoms with Gasteiger partial charge in [-0.15, -0.1) is 0 Å². The Morgan fingerprint density at radius 3 is 1.77 bits per heavy atom. The van der Waals surface area contributed by atoms with Crippen molar-refractivity contribution in [3.63, 3.8) is 0 Å². The molecule has 0 atom stereocenters. The summed E-state index contributed by atoms with van der Waals surface area (Å²) in [6.45, 7) is 6.58. The first-order chi connectivity index (χ1) is 14.7. The van der Waals surface area contributed by atoms with E-state index in [0.29, 0.717) is 0 Å². The minimum absolute atomic E-state index is 1.10. The van der Waals surface area contributed by atoms with Gasteiger partial charge < -0.3 is 0 Å². The summed E-state index contributed by atoms with van der Waals surface area (Å²) in [6.07, 6.45) is 3.49. The van der Waals surface area contributed by atoms with Crippen LogP contribution in [0.25, 0.3) is 33.4 Å². The van der Waals surface area contributed by atoms with Crippen molar-refractivity contribution in [2.45, 2.75) is 40.0 Å². The van der Waals surface area contributed by atoms with Crippen LogP contribution in [-0.4, -0.2) is 0 Å². The largest absolute Gasteiger partial charge is 0.0654 e. The van der Waals surface area contributed by atoms with E-state index in [1.54, 1.807) is 0 Å². The molecule has 4 aromatic carbocycles. The maximum Gasteiger partial charge on any atom is -0.00729 e. The lowest BCUT2D eigenvalue weighted by Gasteiger charge is -2.19. The van der Waals surface area contributed by atoms with Crippen LogP contribution in [0.3, 0.4) is 0 Å². The minimum Gasteiger partial charge on any atom is -0.0654 e. The maximum absolute atomic E-state index is 2.41. The molecule has 0 aromatic heterocycles. The Morgan fingerprint density at radius 2 is 1.17 bits per heavy atom. The van der Waals surface area contributed by atoms with Crippen molar-refractivity contribution in [2.75, 3.05) is 0 Å². The fourth-order valence-corrected chi connectivity index (χ4v) is 4.09. The van der Waals surface area contributed by atoms with Gasteiger partial charge in [0.05, 0.1) is 0 Å². The van der Waals surface area contributed by atoms with Gasteiger partial charge in [0.15, 0.2) is 0 Å². The van der Waals surface area contributed by atoms with E-state index >= 15 is 0 Å². The number of benzene rings is 4. The molecule has 0 nitrogen and oxygen atoms in total. The maximum atomic E-state index is 2.41.